The molecule has 2 heteroatoms. The van der Waals surface area contributed by atoms with Crippen molar-refractivity contribution in [2.24, 2.45) is 23.7 Å². The van der Waals surface area contributed by atoms with Crippen molar-refractivity contribution in [3.05, 3.63) is 0 Å². The van der Waals surface area contributed by atoms with Gasteiger partial charge in [0, 0.05) is 5.92 Å². The van der Waals surface area contributed by atoms with Gasteiger partial charge in [0.15, 0.2) is 0 Å². The van der Waals surface area contributed by atoms with E-state index in [0.29, 0.717) is 24.4 Å². The zero-order valence-electron chi connectivity index (χ0n) is 8.33. The van der Waals surface area contributed by atoms with Crippen molar-refractivity contribution >= 4 is 5.97 Å². The predicted octanol–water partition coefficient (Wildman–Crippen LogP) is 2.09. The van der Waals surface area contributed by atoms with Crippen molar-refractivity contribution in [3.63, 3.8) is 0 Å². The minimum atomic E-state index is 0.00343. The Bertz CT molecular complexity index is 173. The second-order valence-corrected chi connectivity index (χ2v) is 4.31. The highest BCUT2D eigenvalue weighted by atomic mass is 16.5. The molecule has 0 amide bonds. The molecular formula is C10H18O2. The Morgan fingerprint density at radius 3 is 2.17 bits per heavy atom. The van der Waals surface area contributed by atoms with Crippen molar-refractivity contribution in [3.8, 4) is 0 Å². The average molecular weight is 170 g/mol. The first-order chi connectivity index (χ1) is 5.54. The number of ether oxygens (including phenoxy) is 1. The molecule has 1 fully saturated rings. The lowest BCUT2D eigenvalue weighted by Crippen LogP contribution is -2.25. The molecule has 1 rings (SSSR count). The zero-order chi connectivity index (χ0) is 9.30. The van der Waals surface area contributed by atoms with Gasteiger partial charge in [0.1, 0.15) is 0 Å². The van der Waals surface area contributed by atoms with Gasteiger partial charge in [-0.3, -0.25) is 4.79 Å². The fraction of sp³-hybridized carbons (Fsp3) is 0.900. The van der Waals surface area contributed by atoms with E-state index in [9.17, 15) is 4.79 Å². The summed E-state index contributed by atoms with van der Waals surface area (Å²) < 4.78 is 5.06. The molecule has 0 N–H and O–H groups in total. The average Bonchev–Trinajstić information content (AvgIpc) is 2.30. The molecule has 0 saturated carbocycles. The fourth-order valence-electron chi connectivity index (χ4n) is 1.93. The highest BCUT2D eigenvalue weighted by molar-refractivity contribution is 5.75. The van der Waals surface area contributed by atoms with E-state index in [2.05, 4.69) is 27.7 Å². The summed E-state index contributed by atoms with van der Waals surface area (Å²) >= 11 is 0. The second kappa shape index (κ2) is 3.46. The number of hydrogen-bond donors (Lipinski definition) is 0. The van der Waals surface area contributed by atoms with Gasteiger partial charge in [0.2, 0.25) is 0 Å². The molecule has 0 spiro atoms. The maximum absolute atomic E-state index is 11.3. The summed E-state index contributed by atoms with van der Waals surface area (Å²) in [7, 11) is 0. The van der Waals surface area contributed by atoms with Gasteiger partial charge in [-0.05, 0) is 11.8 Å². The third-order valence-corrected chi connectivity index (χ3v) is 2.73. The van der Waals surface area contributed by atoms with Gasteiger partial charge in [0.05, 0.1) is 12.5 Å². The van der Waals surface area contributed by atoms with Gasteiger partial charge in [-0.2, -0.15) is 0 Å². The number of carbonyl (C=O) groups is 1. The monoisotopic (exact) mass is 170 g/mol. The minimum absolute atomic E-state index is 0.00343. The molecule has 0 radical (unpaired) electrons. The highest BCUT2D eigenvalue weighted by Crippen LogP contribution is 2.33. The Morgan fingerprint density at radius 1 is 1.25 bits per heavy atom. The van der Waals surface area contributed by atoms with Crippen LogP contribution >= 0.6 is 0 Å². The molecule has 2 atom stereocenters. The normalized spacial score (nSPS) is 30.0. The van der Waals surface area contributed by atoms with Crippen molar-refractivity contribution in [2.75, 3.05) is 6.61 Å². The first-order valence-electron chi connectivity index (χ1n) is 4.70. The van der Waals surface area contributed by atoms with Gasteiger partial charge in [-0.15, -0.1) is 0 Å². The number of carbonyl (C=O) groups excluding carboxylic acids is 1. The number of cyclic esters (lactones) is 1. The molecule has 0 bridgehead atoms. The van der Waals surface area contributed by atoms with Gasteiger partial charge in [-0.1, -0.05) is 27.7 Å². The summed E-state index contributed by atoms with van der Waals surface area (Å²) in [5.74, 6) is 1.52. The maximum atomic E-state index is 11.3. The molecule has 1 aliphatic rings. The van der Waals surface area contributed by atoms with Gasteiger partial charge in [-0.25, -0.2) is 0 Å². The van der Waals surface area contributed by atoms with Crippen LogP contribution in [0.2, 0.25) is 0 Å². The van der Waals surface area contributed by atoms with Crippen LogP contribution < -0.4 is 0 Å². The van der Waals surface area contributed by atoms with Crippen LogP contribution in [0.25, 0.3) is 0 Å². The van der Waals surface area contributed by atoms with Gasteiger partial charge in [0.25, 0.3) is 0 Å². The lowest BCUT2D eigenvalue weighted by atomic mass is 9.79. The smallest absolute Gasteiger partial charge is 0.309 e. The van der Waals surface area contributed by atoms with Gasteiger partial charge >= 0.3 is 5.97 Å². The van der Waals surface area contributed by atoms with Crippen LogP contribution in [0.1, 0.15) is 27.7 Å². The van der Waals surface area contributed by atoms with Crippen LogP contribution in [0, 0.1) is 23.7 Å². The topological polar surface area (TPSA) is 26.3 Å². The Kier molecular flexibility index (Phi) is 2.76. The van der Waals surface area contributed by atoms with Crippen molar-refractivity contribution in [2.45, 2.75) is 27.7 Å². The molecular weight excluding hydrogens is 152 g/mol. The Hall–Kier alpha value is -0.530. The predicted molar refractivity (Wildman–Crippen MR) is 47.6 cm³/mol. The maximum Gasteiger partial charge on any atom is 0.309 e. The van der Waals surface area contributed by atoms with Crippen LogP contribution in [-0.4, -0.2) is 12.6 Å². The third-order valence-electron chi connectivity index (χ3n) is 2.73. The molecule has 2 nitrogen and oxygen atoms in total. The van der Waals surface area contributed by atoms with E-state index in [1.807, 2.05) is 0 Å². The lowest BCUT2D eigenvalue weighted by molar-refractivity contribution is -0.142. The summed E-state index contributed by atoms with van der Waals surface area (Å²) in [4.78, 5) is 11.3. The van der Waals surface area contributed by atoms with Crippen LogP contribution in [-0.2, 0) is 9.53 Å². The van der Waals surface area contributed by atoms with E-state index in [0.717, 1.165) is 0 Å². The quantitative estimate of drug-likeness (QED) is 0.593. The van der Waals surface area contributed by atoms with Crippen molar-refractivity contribution in [1.82, 2.24) is 0 Å². The van der Waals surface area contributed by atoms with E-state index in [1.165, 1.54) is 0 Å². The molecule has 1 aliphatic heterocycles. The summed E-state index contributed by atoms with van der Waals surface area (Å²) in [6.45, 7) is 9.11. The Morgan fingerprint density at radius 2 is 1.83 bits per heavy atom. The molecule has 12 heavy (non-hydrogen) atoms. The second-order valence-electron chi connectivity index (χ2n) is 4.31. The minimum Gasteiger partial charge on any atom is -0.465 e. The molecule has 0 aromatic heterocycles. The van der Waals surface area contributed by atoms with Gasteiger partial charge < -0.3 is 4.74 Å². The molecule has 0 unspecified atom stereocenters. The summed E-state index contributed by atoms with van der Waals surface area (Å²) in [5.41, 5.74) is 0. The van der Waals surface area contributed by atoms with Crippen LogP contribution in [0.3, 0.4) is 0 Å². The van der Waals surface area contributed by atoms with E-state index >= 15 is 0 Å². The number of esters is 1. The summed E-state index contributed by atoms with van der Waals surface area (Å²) in [6, 6.07) is 0. The van der Waals surface area contributed by atoms with E-state index in [-0.39, 0.29) is 11.9 Å². The van der Waals surface area contributed by atoms with Crippen molar-refractivity contribution < 1.29 is 9.53 Å². The third kappa shape index (κ3) is 1.62. The molecule has 1 heterocycles. The Labute approximate surface area is 74.3 Å². The van der Waals surface area contributed by atoms with E-state index in [1.54, 1.807) is 0 Å². The van der Waals surface area contributed by atoms with Crippen LogP contribution in [0.5, 0.6) is 0 Å². The standard InChI is InChI=1S/C10H18O2/c1-6(2)8-5-12-10(11)9(8)7(3)4/h6-9H,5H2,1-4H3/t8-,9+/m0/s1. The highest BCUT2D eigenvalue weighted by Gasteiger charge is 2.40. The van der Waals surface area contributed by atoms with Crippen LogP contribution in [0.15, 0.2) is 0 Å². The molecule has 1 saturated heterocycles. The SMILES string of the molecule is CC(C)[C@H]1C(=O)OC[C@H]1C(C)C. The summed E-state index contributed by atoms with van der Waals surface area (Å²) in [6.07, 6.45) is 0. The van der Waals surface area contributed by atoms with Crippen molar-refractivity contribution in [1.29, 1.82) is 0 Å². The zero-order valence-corrected chi connectivity index (χ0v) is 8.33. The molecule has 0 aromatic rings. The fourth-order valence-corrected chi connectivity index (χ4v) is 1.93. The first kappa shape index (κ1) is 9.56. The van der Waals surface area contributed by atoms with E-state index in [4.69, 9.17) is 4.74 Å². The van der Waals surface area contributed by atoms with Crippen LogP contribution in [0.4, 0.5) is 0 Å². The molecule has 70 valence electrons. The Balaban J connectivity index is 2.70. The largest absolute Gasteiger partial charge is 0.465 e. The van der Waals surface area contributed by atoms with E-state index < -0.39 is 0 Å². The number of hydrogen-bond acceptors (Lipinski definition) is 2. The molecule has 0 aliphatic carbocycles. The number of rotatable bonds is 2. The summed E-state index contributed by atoms with van der Waals surface area (Å²) in [5, 5.41) is 0. The first-order valence-corrected chi connectivity index (χ1v) is 4.70. The molecule has 0 aromatic carbocycles. The lowest BCUT2D eigenvalue weighted by Gasteiger charge is -2.21.